The van der Waals surface area contributed by atoms with Gasteiger partial charge < -0.3 is 24.1 Å². The fraction of sp³-hybridized carbons (Fsp3) is 0.783. The van der Waals surface area contributed by atoms with Crippen LogP contribution in [0.5, 0.6) is 23.0 Å². The van der Waals surface area contributed by atoms with Gasteiger partial charge >= 0.3 is 0 Å². The van der Waals surface area contributed by atoms with Gasteiger partial charge in [0.2, 0.25) is 0 Å². The number of aryl methyl sites for hydroxylation is 2. The van der Waals surface area contributed by atoms with Crippen LogP contribution < -0.4 is 15.6 Å². The van der Waals surface area contributed by atoms with Crippen molar-refractivity contribution in [1.82, 2.24) is 9.13 Å². The molecule has 0 radical (unpaired) electrons. The van der Waals surface area contributed by atoms with E-state index in [-0.39, 0.29) is 11.5 Å². The molecule has 2 aromatic heterocycles. The van der Waals surface area contributed by atoms with Crippen molar-refractivity contribution >= 4 is 0 Å². The molecule has 0 bridgehead atoms. The molecule has 0 spiro atoms. The molecule has 0 atom stereocenters. The molecular weight excluding hydrogens is 661 g/mol. The minimum absolute atomic E-state index is 0.113. The predicted octanol–water partition coefficient (Wildman–Crippen LogP) is 13.7. The highest BCUT2D eigenvalue weighted by molar-refractivity contribution is 5.35. The zero-order valence-electron chi connectivity index (χ0n) is 34.4. The Morgan fingerprint density at radius 1 is 0.377 bits per heavy atom. The van der Waals surface area contributed by atoms with Crippen LogP contribution in [-0.2, 0) is 13.1 Å². The maximum absolute atomic E-state index is 12.7. The van der Waals surface area contributed by atoms with Crippen molar-refractivity contribution in [2.45, 2.75) is 232 Å². The average molecular weight is 741 g/mol. The standard InChI is InChI=1S/C46H80N2O5/c1-3-5-7-9-11-13-15-17-19-21-23-25-27-29-31-33-35-47-37-41(49)45(51)43(39-47)53-44-40-48(38-42(50)46(44)52)36-34-32-30-28-26-24-22-20-18-16-14-12-10-8-6-4-2/h37-40,49-50H,3-36H2,1-2H3. The van der Waals surface area contributed by atoms with Crippen LogP contribution in [0.4, 0.5) is 0 Å². The molecule has 0 aromatic carbocycles. The third-order valence-corrected chi connectivity index (χ3v) is 10.8. The molecule has 53 heavy (non-hydrogen) atoms. The van der Waals surface area contributed by atoms with Gasteiger partial charge in [0.15, 0.2) is 23.0 Å². The molecule has 2 N–H and O–H groups in total. The second kappa shape index (κ2) is 31.6. The second-order valence-corrected chi connectivity index (χ2v) is 15.9. The second-order valence-electron chi connectivity index (χ2n) is 15.9. The minimum atomic E-state index is -0.666. The number of nitrogens with zero attached hydrogens (tertiary/aromatic N) is 2. The molecule has 0 aliphatic rings. The average Bonchev–Trinajstić information content (AvgIpc) is 3.15. The fourth-order valence-corrected chi connectivity index (χ4v) is 7.38. The van der Waals surface area contributed by atoms with Crippen LogP contribution in [-0.4, -0.2) is 19.3 Å². The molecular formula is C46H80N2O5. The van der Waals surface area contributed by atoms with Crippen molar-refractivity contribution in [3.8, 4) is 23.0 Å². The van der Waals surface area contributed by atoms with Crippen LogP contribution in [0.15, 0.2) is 34.4 Å². The van der Waals surface area contributed by atoms with E-state index in [4.69, 9.17) is 4.74 Å². The number of hydrogen-bond acceptors (Lipinski definition) is 5. The van der Waals surface area contributed by atoms with Gasteiger partial charge in [0.05, 0.1) is 24.8 Å². The minimum Gasteiger partial charge on any atom is -0.503 e. The summed E-state index contributed by atoms with van der Waals surface area (Å²) < 4.78 is 9.28. The monoisotopic (exact) mass is 741 g/mol. The lowest BCUT2D eigenvalue weighted by molar-refractivity contribution is 0.412. The Bertz CT molecular complexity index is 1190. The van der Waals surface area contributed by atoms with Gasteiger partial charge in [0, 0.05) is 13.1 Å². The van der Waals surface area contributed by atoms with Crippen molar-refractivity contribution in [3.05, 3.63) is 45.2 Å². The Labute approximate surface area is 324 Å². The summed E-state index contributed by atoms with van der Waals surface area (Å²) >= 11 is 0. The van der Waals surface area contributed by atoms with E-state index in [9.17, 15) is 19.8 Å². The zero-order chi connectivity index (χ0) is 38.2. The first-order chi connectivity index (χ1) is 26.0. The Balaban J connectivity index is 1.61. The Morgan fingerprint density at radius 2 is 0.604 bits per heavy atom. The van der Waals surface area contributed by atoms with E-state index in [1.165, 1.54) is 192 Å². The highest BCUT2D eigenvalue weighted by Gasteiger charge is 2.14. The van der Waals surface area contributed by atoms with Gasteiger partial charge in [-0.15, -0.1) is 0 Å². The van der Waals surface area contributed by atoms with Crippen LogP contribution in [0.3, 0.4) is 0 Å². The van der Waals surface area contributed by atoms with E-state index in [0.717, 1.165) is 25.7 Å². The number of aromatic nitrogens is 2. The highest BCUT2D eigenvalue weighted by Crippen LogP contribution is 2.21. The predicted molar refractivity (Wildman–Crippen MR) is 224 cm³/mol. The lowest BCUT2D eigenvalue weighted by atomic mass is 10.0. The summed E-state index contributed by atoms with van der Waals surface area (Å²) in [6.07, 6.45) is 47.7. The van der Waals surface area contributed by atoms with E-state index in [1.807, 2.05) is 0 Å². The largest absolute Gasteiger partial charge is 0.503 e. The van der Waals surface area contributed by atoms with Crippen molar-refractivity contribution in [2.24, 2.45) is 0 Å². The van der Waals surface area contributed by atoms with Crippen molar-refractivity contribution < 1.29 is 14.9 Å². The first kappa shape index (κ1) is 46.5. The SMILES string of the molecule is CCCCCCCCCCCCCCCCCCn1cc(O)c(=O)c(Oc2cn(CCCCCCCCCCCCCCCCCC)cc(O)c2=O)c1. The molecule has 0 fully saturated rings. The molecule has 2 rings (SSSR count). The third-order valence-electron chi connectivity index (χ3n) is 10.8. The Morgan fingerprint density at radius 3 is 0.849 bits per heavy atom. The smallest absolute Gasteiger partial charge is 0.265 e. The number of aromatic hydroxyl groups is 2. The van der Waals surface area contributed by atoms with Gasteiger partial charge in [-0.05, 0) is 12.8 Å². The van der Waals surface area contributed by atoms with Gasteiger partial charge in [0.25, 0.3) is 10.9 Å². The van der Waals surface area contributed by atoms with Gasteiger partial charge in [-0.25, -0.2) is 0 Å². The molecule has 7 heteroatoms. The van der Waals surface area contributed by atoms with E-state index < -0.39 is 22.4 Å². The lowest BCUT2D eigenvalue weighted by Crippen LogP contribution is -2.14. The molecule has 7 nitrogen and oxygen atoms in total. The lowest BCUT2D eigenvalue weighted by Gasteiger charge is -2.13. The normalized spacial score (nSPS) is 11.4. The van der Waals surface area contributed by atoms with E-state index in [0.29, 0.717) is 13.1 Å². The molecule has 0 unspecified atom stereocenters. The van der Waals surface area contributed by atoms with Crippen LogP contribution in [0.2, 0.25) is 0 Å². The zero-order valence-corrected chi connectivity index (χ0v) is 34.4. The molecule has 0 amide bonds. The summed E-state index contributed by atoms with van der Waals surface area (Å²) in [5.41, 5.74) is -1.33. The van der Waals surface area contributed by atoms with Crippen molar-refractivity contribution in [3.63, 3.8) is 0 Å². The molecule has 0 saturated heterocycles. The van der Waals surface area contributed by atoms with Crippen LogP contribution in [0, 0.1) is 0 Å². The van der Waals surface area contributed by atoms with E-state index in [2.05, 4.69) is 13.8 Å². The van der Waals surface area contributed by atoms with Gasteiger partial charge in [-0.2, -0.15) is 0 Å². The maximum atomic E-state index is 12.7. The van der Waals surface area contributed by atoms with Gasteiger partial charge in [-0.3, -0.25) is 9.59 Å². The third kappa shape index (κ3) is 23.0. The molecule has 0 aliphatic heterocycles. The van der Waals surface area contributed by atoms with Crippen LogP contribution in [0.1, 0.15) is 219 Å². The van der Waals surface area contributed by atoms with E-state index >= 15 is 0 Å². The number of hydrogen-bond donors (Lipinski definition) is 2. The summed E-state index contributed by atoms with van der Waals surface area (Å²) in [6, 6.07) is 0. The first-order valence-electron chi connectivity index (χ1n) is 22.5. The number of pyridine rings is 2. The summed E-state index contributed by atoms with van der Waals surface area (Å²) in [4.78, 5) is 25.4. The van der Waals surface area contributed by atoms with Crippen molar-refractivity contribution in [2.75, 3.05) is 0 Å². The molecule has 2 aromatic rings. The number of unbranched alkanes of at least 4 members (excludes halogenated alkanes) is 30. The topological polar surface area (TPSA) is 93.7 Å². The summed E-state index contributed by atoms with van der Waals surface area (Å²) in [5, 5.41) is 20.7. The van der Waals surface area contributed by atoms with Crippen LogP contribution in [0.25, 0.3) is 0 Å². The Hall–Kier alpha value is -2.70. The maximum Gasteiger partial charge on any atom is 0.265 e. The van der Waals surface area contributed by atoms with Crippen molar-refractivity contribution in [1.29, 1.82) is 0 Å². The highest BCUT2D eigenvalue weighted by atomic mass is 16.5. The van der Waals surface area contributed by atoms with Gasteiger partial charge in [0.1, 0.15) is 0 Å². The summed E-state index contributed by atoms with van der Waals surface area (Å²) in [6.45, 7) is 5.84. The Kier molecular flexibility index (Phi) is 27.7. The molecule has 0 aliphatic carbocycles. The van der Waals surface area contributed by atoms with Gasteiger partial charge in [-0.1, -0.05) is 206 Å². The summed E-state index contributed by atoms with van der Waals surface area (Å²) in [5.74, 6) is -1.04. The fourth-order valence-electron chi connectivity index (χ4n) is 7.38. The van der Waals surface area contributed by atoms with E-state index in [1.54, 1.807) is 21.5 Å². The molecule has 304 valence electrons. The summed E-state index contributed by atoms with van der Waals surface area (Å²) in [7, 11) is 0. The van der Waals surface area contributed by atoms with Crippen LogP contribution >= 0.6 is 0 Å². The molecule has 0 saturated carbocycles. The first-order valence-corrected chi connectivity index (χ1v) is 22.5. The molecule has 2 heterocycles. The number of ether oxygens (including phenoxy) is 1. The quantitative estimate of drug-likeness (QED) is 0.0678. The number of rotatable bonds is 36.